The summed E-state index contributed by atoms with van der Waals surface area (Å²) < 4.78 is 6.15. The van der Waals surface area contributed by atoms with E-state index in [1.54, 1.807) is 0 Å². The molecule has 0 atom stereocenters. The molecule has 0 heterocycles. The molecule has 4 heteroatoms. The highest BCUT2D eigenvalue weighted by Gasteiger charge is 2.25. The van der Waals surface area contributed by atoms with Gasteiger partial charge in [-0.05, 0) is 134 Å². The van der Waals surface area contributed by atoms with E-state index in [0.29, 0.717) is 0 Å². The lowest BCUT2D eigenvalue weighted by atomic mass is 9.95. The highest BCUT2D eigenvalue weighted by Crippen LogP contribution is 2.40. The second-order valence-corrected chi connectivity index (χ2v) is 16.1. The lowest BCUT2D eigenvalue weighted by Gasteiger charge is -2.28. The van der Waals surface area contributed by atoms with Crippen molar-refractivity contribution in [3.63, 3.8) is 0 Å². The van der Waals surface area contributed by atoms with E-state index in [2.05, 4.69) is 195 Å². The first-order chi connectivity index (χ1) is 22.4. The molecule has 6 aromatic rings. The number of nitrogens with zero attached hydrogens (tertiary/aromatic N) is 2. The second-order valence-electron chi connectivity index (χ2n) is 12.2. The van der Waals surface area contributed by atoms with E-state index in [4.69, 9.17) is 4.43 Å². The molecular formula is C42H42N2OSi. The quantitative estimate of drug-likeness (QED) is 0.142. The fourth-order valence-electron chi connectivity index (χ4n) is 6.26. The Morgan fingerprint density at radius 1 is 0.457 bits per heavy atom. The van der Waals surface area contributed by atoms with Crippen LogP contribution in [0, 0.1) is 13.8 Å². The molecule has 0 bridgehead atoms. The van der Waals surface area contributed by atoms with Crippen molar-refractivity contribution in [1.29, 1.82) is 0 Å². The van der Waals surface area contributed by atoms with E-state index in [1.165, 1.54) is 27.4 Å². The maximum Gasteiger partial charge on any atom is 0.218 e. The SMILES string of the molecule is CCO[Si](C)(C)c1ccc(N(c2ccccc2)c2ccc(-c3ccc(N(c4ccccc4)c4ccccc4)cc3C)c(C)c2)cc1. The molecule has 0 aromatic heterocycles. The van der Waals surface area contributed by atoms with Gasteiger partial charge in [-0.1, -0.05) is 78.9 Å². The number of benzene rings is 6. The van der Waals surface area contributed by atoms with Gasteiger partial charge in [0.25, 0.3) is 0 Å². The van der Waals surface area contributed by atoms with Gasteiger partial charge in [0.1, 0.15) is 0 Å². The average molecular weight is 619 g/mol. The van der Waals surface area contributed by atoms with Crippen LogP contribution < -0.4 is 15.0 Å². The van der Waals surface area contributed by atoms with Crippen LogP contribution in [-0.2, 0) is 4.43 Å². The maximum absolute atomic E-state index is 6.15. The van der Waals surface area contributed by atoms with Gasteiger partial charge in [0.05, 0.1) is 0 Å². The van der Waals surface area contributed by atoms with Crippen molar-refractivity contribution >= 4 is 47.6 Å². The standard InChI is InChI=1S/C42H42N2OSi/c1-6-45-46(4,5)40-26-22-37(23-27-40)44(36-20-14-9-15-21-36)39-25-29-42(33(3)31-39)41-28-24-38(30-32(41)2)43(34-16-10-7-11-17-34)35-18-12-8-13-19-35/h7-31H,6H2,1-5H3. The van der Waals surface area contributed by atoms with Crippen LogP contribution in [0.5, 0.6) is 0 Å². The Morgan fingerprint density at radius 2 is 0.804 bits per heavy atom. The Kier molecular flexibility index (Phi) is 9.20. The Hall–Kier alpha value is -4.90. The van der Waals surface area contributed by atoms with Gasteiger partial charge in [0.2, 0.25) is 8.32 Å². The number of para-hydroxylation sites is 3. The number of anilines is 6. The molecule has 3 nitrogen and oxygen atoms in total. The lowest BCUT2D eigenvalue weighted by molar-refractivity contribution is 0.339. The Morgan fingerprint density at radius 3 is 1.15 bits per heavy atom. The lowest BCUT2D eigenvalue weighted by Crippen LogP contribution is -2.44. The third-order valence-corrected chi connectivity index (χ3v) is 11.3. The van der Waals surface area contributed by atoms with E-state index in [1.807, 2.05) is 0 Å². The normalized spacial score (nSPS) is 11.3. The summed E-state index contributed by atoms with van der Waals surface area (Å²) in [5.74, 6) is 0. The van der Waals surface area contributed by atoms with Gasteiger partial charge in [-0.15, -0.1) is 0 Å². The van der Waals surface area contributed by atoms with Crippen molar-refractivity contribution in [3.05, 3.63) is 163 Å². The van der Waals surface area contributed by atoms with E-state index >= 15 is 0 Å². The molecule has 0 unspecified atom stereocenters. The van der Waals surface area contributed by atoms with Gasteiger partial charge in [0.15, 0.2) is 0 Å². The highest BCUT2D eigenvalue weighted by atomic mass is 28.4. The molecule has 0 spiro atoms. The molecule has 0 saturated carbocycles. The minimum atomic E-state index is -1.93. The van der Waals surface area contributed by atoms with Crippen molar-refractivity contribution in [1.82, 2.24) is 0 Å². The zero-order valence-electron chi connectivity index (χ0n) is 27.4. The number of hydrogen-bond acceptors (Lipinski definition) is 3. The molecular weight excluding hydrogens is 577 g/mol. The molecule has 230 valence electrons. The molecule has 0 aliphatic rings. The van der Waals surface area contributed by atoms with Crippen molar-refractivity contribution in [2.45, 2.75) is 33.9 Å². The van der Waals surface area contributed by atoms with Gasteiger partial charge >= 0.3 is 0 Å². The topological polar surface area (TPSA) is 15.7 Å². The largest absolute Gasteiger partial charge is 0.413 e. The molecule has 0 N–H and O–H groups in total. The molecule has 0 radical (unpaired) electrons. The van der Waals surface area contributed by atoms with Crippen molar-refractivity contribution in [3.8, 4) is 11.1 Å². The van der Waals surface area contributed by atoms with Gasteiger partial charge < -0.3 is 14.2 Å². The van der Waals surface area contributed by atoms with Gasteiger partial charge in [-0.2, -0.15) is 0 Å². The first-order valence-corrected chi connectivity index (χ1v) is 19.0. The van der Waals surface area contributed by atoms with E-state index < -0.39 is 8.32 Å². The number of hydrogen-bond donors (Lipinski definition) is 0. The minimum absolute atomic E-state index is 0.739. The van der Waals surface area contributed by atoms with Crippen LogP contribution >= 0.6 is 0 Å². The number of aryl methyl sites for hydroxylation is 2. The van der Waals surface area contributed by atoms with Crippen LogP contribution in [0.1, 0.15) is 18.1 Å². The fourth-order valence-corrected chi connectivity index (χ4v) is 8.12. The predicted molar refractivity (Wildman–Crippen MR) is 199 cm³/mol. The summed E-state index contributed by atoms with van der Waals surface area (Å²) in [6.45, 7) is 11.8. The van der Waals surface area contributed by atoms with Gasteiger partial charge in [0, 0.05) is 40.7 Å². The predicted octanol–water partition coefficient (Wildman–Crippen LogP) is 11.4. The Labute approximate surface area is 275 Å². The molecule has 0 amide bonds. The second kappa shape index (κ2) is 13.6. The zero-order valence-corrected chi connectivity index (χ0v) is 28.4. The molecule has 0 saturated heterocycles. The summed E-state index contributed by atoms with van der Waals surface area (Å²) in [7, 11) is -1.93. The highest BCUT2D eigenvalue weighted by molar-refractivity contribution is 6.84. The summed E-state index contributed by atoms with van der Waals surface area (Å²) in [5, 5.41) is 1.30. The van der Waals surface area contributed by atoms with E-state index in [-0.39, 0.29) is 0 Å². The first kappa shape index (κ1) is 31.1. The van der Waals surface area contributed by atoms with Crippen LogP contribution in [-0.4, -0.2) is 14.9 Å². The summed E-state index contributed by atoms with van der Waals surface area (Å²) in [4.78, 5) is 4.65. The smallest absolute Gasteiger partial charge is 0.218 e. The van der Waals surface area contributed by atoms with Crippen LogP contribution in [0.15, 0.2) is 152 Å². The van der Waals surface area contributed by atoms with Crippen LogP contribution in [0.3, 0.4) is 0 Å². The summed E-state index contributed by atoms with van der Waals surface area (Å²) in [6.07, 6.45) is 0. The van der Waals surface area contributed by atoms with Crippen molar-refractivity contribution in [2.75, 3.05) is 16.4 Å². The van der Waals surface area contributed by atoms with Crippen LogP contribution in [0.4, 0.5) is 34.1 Å². The Balaban J connectivity index is 1.36. The van der Waals surface area contributed by atoms with Gasteiger partial charge in [-0.3, -0.25) is 0 Å². The molecule has 46 heavy (non-hydrogen) atoms. The van der Waals surface area contributed by atoms with Crippen LogP contribution in [0.2, 0.25) is 13.1 Å². The molecule has 0 fully saturated rings. The average Bonchev–Trinajstić information content (AvgIpc) is 3.07. The third-order valence-electron chi connectivity index (χ3n) is 8.60. The van der Waals surface area contributed by atoms with E-state index in [0.717, 1.165) is 40.7 Å². The molecule has 0 aliphatic heterocycles. The fraction of sp³-hybridized carbons (Fsp3) is 0.143. The first-order valence-electron chi connectivity index (χ1n) is 16.1. The molecule has 6 rings (SSSR count). The molecule has 0 aliphatic carbocycles. The van der Waals surface area contributed by atoms with E-state index in [9.17, 15) is 0 Å². The summed E-state index contributed by atoms with van der Waals surface area (Å²) >= 11 is 0. The van der Waals surface area contributed by atoms with Crippen molar-refractivity contribution < 1.29 is 4.43 Å². The maximum atomic E-state index is 6.15. The number of rotatable bonds is 10. The summed E-state index contributed by atoms with van der Waals surface area (Å²) in [5.41, 5.74) is 11.8. The molecule has 6 aromatic carbocycles. The third kappa shape index (κ3) is 6.55. The minimum Gasteiger partial charge on any atom is -0.413 e. The van der Waals surface area contributed by atoms with Crippen molar-refractivity contribution in [2.24, 2.45) is 0 Å². The zero-order chi connectivity index (χ0) is 32.1. The monoisotopic (exact) mass is 618 g/mol. The Bertz CT molecular complexity index is 1850. The van der Waals surface area contributed by atoms with Gasteiger partial charge in [-0.25, -0.2) is 0 Å². The van der Waals surface area contributed by atoms with Crippen LogP contribution in [0.25, 0.3) is 11.1 Å². The summed E-state index contributed by atoms with van der Waals surface area (Å²) in [6, 6.07) is 54.3.